The normalized spacial score (nSPS) is 10.1. The van der Waals surface area contributed by atoms with E-state index in [1.165, 1.54) is 12.8 Å². The lowest BCUT2D eigenvalue weighted by molar-refractivity contribution is -0.120. The third kappa shape index (κ3) is 4.82. The van der Waals surface area contributed by atoms with Gasteiger partial charge in [-0.1, -0.05) is 31.9 Å². The number of carbonyl (C=O) groups is 1. The summed E-state index contributed by atoms with van der Waals surface area (Å²) in [4.78, 5) is 11.5. The molecule has 0 aliphatic rings. The summed E-state index contributed by atoms with van der Waals surface area (Å²) in [5.74, 6) is 0.0710. The number of rotatable bonds is 6. The zero-order chi connectivity index (χ0) is 11.8. The molecule has 0 saturated carbocycles. The maximum Gasteiger partial charge on any atom is 0.224 e. The monoisotopic (exact) mass is 220 g/mol. The zero-order valence-corrected chi connectivity index (χ0v) is 9.83. The van der Waals surface area contributed by atoms with Crippen molar-refractivity contribution >= 4 is 11.6 Å². The molecule has 88 valence electrons. The van der Waals surface area contributed by atoms with E-state index in [9.17, 15) is 4.79 Å². The smallest absolute Gasteiger partial charge is 0.224 e. The van der Waals surface area contributed by atoms with E-state index in [2.05, 4.69) is 12.2 Å². The van der Waals surface area contributed by atoms with Gasteiger partial charge in [0.2, 0.25) is 5.91 Å². The van der Waals surface area contributed by atoms with Gasteiger partial charge >= 0.3 is 0 Å². The maximum absolute atomic E-state index is 11.5. The Morgan fingerprint density at radius 1 is 1.38 bits per heavy atom. The van der Waals surface area contributed by atoms with Gasteiger partial charge in [-0.05, 0) is 24.1 Å². The predicted molar refractivity (Wildman–Crippen MR) is 67.1 cm³/mol. The first-order chi connectivity index (χ1) is 7.72. The summed E-state index contributed by atoms with van der Waals surface area (Å²) in [6.45, 7) is 2.92. The third-order valence-corrected chi connectivity index (χ3v) is 2.42. The molecule has 0 radical (unpaired) electrons. The van der Waals surface area contributed by atoms with E-state index in [0.717, 1.165) is 18.5 Å². The molecule has 0 spiro atoms. The zero-order valence-electron chi connectivity index (χ0n) is 9.83. The molecule has 3 nitrogen and oxygen atoms in total. The van der Waals surface area contributed by atoms with Crippen LogP contribution in [0.2, 0.25) is 0 Å². The van der Waals surface area contributed by atoms with Gasteiger partial charge in [-0.15, -0.1) is 0 Å². The fourth-order valence-electron chi connectivity index (χ4n) is 1.55. The second-order valence-corrected chi connectivity index (χ2v) is 3.98. The molecule has 0 bridgehead atoms. The highest BCUT2D eigenvalue weighted by atomic mass is 16.1. The molecule has 1 aromatic carbocycles. The van der Waals surface area contributed by atoms with Crippen LogP contribution < -0.4 is 11.1 Å². The number of unbranched alkanes of at least 4 members (excludes halogenated alkanes) is 2. The van der Waals surface area contributed by atoms with Crippen molar-refractivity contribution < 1.29 is 4.79 Å². The Hall–Kier alpha value is -1.51. The number of carbonyl (C=O) groups excluding carboxylic acids is 1. The van der Waals surface area contributed by atoms with Crippen molar-refractivity contribution in [1.29, 1.82) is 0 Å². The third-order valence-electron chi connectivity index (χ3n) is 2.42. The van der Waals surface area contributed by atoms with Crippen molar-refractivity contribution in [1.82, 2.24) is 5.32 Å². The first kappa shape index (κ1) is 12.6. The Morgan fingerprint density at radius 3 is 2.88 bits per heavy atom. The van der Waals surface area contributed by atoms with Crippen LogP contribution >= 0.6 is 0 Å². The van der Waals surface area contributed by atoms with Crippen LogP contribution in [0.3, 0.4) is 0 Å². The summed E-state index contributed by atoms with van der Waals surface area (Å²) in [7, 11) is 0. The largest absolute Gasteiger partial charge is 0.399 e. The van der Waals surface area contributed by atoms with Gasteiger partial charge in [-0.2, -0.15) is 0 Å². The molecule has 3 heteroatoms. The molecule has 3 N–H and O–H groups in total. The predicted octanol–water partition coefficient (Wildman–Crippen LogP) is 2.12. The van der Waals surface area contributed by atoms with Crippen molar-refractivity contribution in [3.05, 3.63) is 29.8 Å². The van der Waals surface area contributed by atoms with Gasteiger partial charge in [0, 0.05) is 12.2 Å². The number of anilines is 1. The van der Waals surface area contributed by atoms with Crippen LogP contribution in [0.15, 0.2) is 24.3 Å². The van der Waals surface area contributed by atoms with Crippen LogP contribution in [0.1, 0.15) is 31.7 Å². The van der Waals surface area contributed by atoms with Gasteiger partial charge in [-0.25, -0.2) is 0 Å². The average molecular weight is 220 g/mol. The molecule has 16 heavy (non-hydrogen) atoms. The highest BCUT2D eigenvalue weighted by molar-refractivity contribution is 5.78. The van der Waals surface area contributed by atoms with Crippen LogP contribution in [0.4, 0.5) is 5.69 Å². The van der Waals surface area contributed by atoms with Gasteiger partial charge in [0.1, 0.15) is 0 Å². The minimum Gasteiger partial charge on any atom is -0.399 e. The molecule has 0 aliphatic carbocycles. The Bertz CT molecular complexity index is 336. The molecule has 0 fully saturated rings. The first-order valence-corrected chi connectivity index (χ1v) is 5.83. The van der Waals surface area contributed by atoms with Gasteiger partial charge in [-0.3, -0.25) is 4.79 Å². The van der Waals surface area contributed by atoms with E-state index in [-0.39, 0.29) is 5.91 Å². The number of amides is 1. The second-order valence-electron chi connectivity index (χ2n) is 3.98. The Morgan fingerprint density at radius 2 is 2.19 bits per heavy atom. The summed E-state index contributed by atoms with van der Waals surface area (Å²) in [5.41, 5.74) is 7.31. The molecule has 0 saturated heterocycles. The Kier molecular flexibility index (Phi) is 5.40. The van der Waals surface area contributed by atoms with Gasteiger partial charge in [0.15, 0.2) is 0 Å². The topological polar surface area (TPSA) is 55.1 Å². The van der Waals surface area contributed by atoms with Crippen molar-refractivity contribution in [2.75, 3.05) is 12.3 Å². The van der Waals surface area contributed by atoms with Crippen LogP contribution in [0.5, 0.6) is 0 Å². The Balaban J connectivity index is 2.29. The van der Waals surface area contributed by atoms with Crippen LogP contribution in [-0.4, -0.2) is 12.5 Å². The molecule has 0 aromatic heterocycles. The van der Waals surface area contributed by atoms with Gasteiger partial charge in [0.05, 0.1) is 6.42 Å². The summed E-state index contributed by atoms with van der Waals surface area (Å²) in [6.07, 6.45) is 3.81. The molecular weight excluding hydrogens is 200 g/mol. The molecule has 0 aliphatic heterocycles. The highest BCUT2D eigenvalue weighted by Crippen LogP contribution is 2.06. The van der Waals surface area contributed by atoms with Gasteiger partial charge in [0.25, 0.3) is 0 Å². The minimum absolute atomic E-state index is 0.0710. The lowest BCUT2D eigenvalue weighted by Crippen LogP contribution is -2.26. The van der Waals surface area contributed by atoms with Crippen molar-refractivity contribution in [3.8, 4) is 0 Å². The first-order valence-electron chi connectivity index (χ1n) is 5.83. The summed E-state index contributed by atoms with van der Waals surface area (Å²) < 4.78 is 0. The maximum atomic E-state index is 11.5. The van der Waals surface area contributed by atoms with Gasteiger partial charge < -0.3 is 11.1 Å². The summed E-state index contributed by atoms with van der Waals surface area (Å²) in [6, 6.07) is 7.45. The number of hydrogen-bond donors (Lipinski definition) is 2. The lowest BCUT2D eigenvalue weighted by Gasteiger charge is -2.05. The summed E-state index contributed by atoms with van der Waals surface area (Å²) in [5, 5.41) is 2.91. The van der Waals surface area contributed by atoms with Crippen molar-refractivity contribution in [2.24, 2.45) is 0 Å². The molecule has 1 rings (SSSR count). The molecule has 1 aromatic rings. The van der Waals surface area contributed by atoms with Crippen LogP contribution in [0.25, 0.3) is 0 Å². The number of nitrogens with two attached hydrogens (primary N) is 1. The van der Waals surface area contributed by atoms with E-state index in [1.54, 1.807) is 0 Å². The van der Waals surface area contributed by atoms with E-state index in [1.807, 2.05) is 24.3 Å². The second kappa shape index (κ2) is 6.88. The number of nitrogen functional groups attached to an aromatic ring is 1. The molecule has 1 amide bonds. The van der Waals surface area contributed by atoms with E-state index in [4.69, 9.17) is 5.73 Å². The van der Waals surface area contributed by atoms with Crippen LogP contribution in [-0.2, 0) is 11.2 Å². The molecular formula is C13H20N2O. The molecule has 0 heterocycles. The van der Waals surface area contributed by atoms with E-state index in [0.29, 0.717) is 12.1 Å². The average Bonchev–Trinajstić information content (AvgIpc) is 2.24. The number of nitrogens with one attached hydrogen (secondary N) is 1. The number of benzene rings is 1. The molecule has 0 unspecified atom stereocenters. The Labute approximate surface area is 97.0 Å². The van der Waals surface area contributed by atoms with E-state index >= 15 is 0 Å². The van der Waals surface area contributed by atoms with Crippen molar-refractivity contribution in [3.63, 3.8) is 0 Å². The van der Waals surface area contributed by atoms with Crippen molar-refractivity contribution in [2.45, 2.75) is 32.6 Å². The quantitative estimate of drug-likeness (QED) is 0.570. The minimum atomic E-state index is 0.0710. The fourth-order valence-corrected chi connectivity index (χ4v) is 1.55. The highest BCUT2D eigenvalue weighted by Gasteiger charge is 2.02. The lowest BCUT2D eigenvalue weighted by atomic mass is 10.1. The SMILES string of the molecule is CCCCCNC(=O)Cc1cccc(N)c1. The summed E-state index contributed by atoms with van der Waals surface area (Å²) >= 11 is 0. The van der Waals surface area contributed by atoms with E-state index < -0.39 is 0 Å². The fraction of sp³-hybridized carbons (Fsp3) is 0.462. The number of hydrogen-bond acceptors (Lipinski definition) is 2. The standard InChI is InChI=1S/C13H20N2O/c1-2-3-4-8-15-13(16)10-11-6-5-7-12(14)9-11/h5-7,9H,2-4,8,10,14H2,1H3,(H,15,16). The van der Waals surface area contributed by atoms with Crippen LogP contribution in [0, 0.1) is 0 Å². The molecule has 0 atom stereocenters.